The average molecular weight is 443 g/mol. The van der Waals surface area contributed by atoms with Gasteiger partial charge >= 0.3 is 0 Å². The van der Waals surface area contributed by atoms with E-state index in [0.717, 1.165) is 27.4 Å². The lowest BCUT2D eigenvalue weighted by atomic mass is 10.3. The summed E-state index contributed by atoms with van der Waals surface area (Å²) in [5.74, 6) is 1.49. The molecule has 0 aliphatic carbocycles. The molecule has 0 aliphatic rings. The van der Waals surface area contributed by atoms with Crippen LogP contribution < -0.4 is 14.8 Å². The number of nitrogens with one attached hydrogen (secondary N) is 1. The van der Waals surface area contributed by atoms with Crippen molar-refractivity contribution >= 4 is 44.4 Å². The number of thiazole rings is 1. The summed E-state index contributed by atoms with van der Waals surface area (Å²) < 4.78 is 13.2. The van der Waals surface area contributed by atoms with E-state index >= 15 is 0 Å². The van der Waals surface area contributed by atoms with E-state index in [1.807, 2.05) is 49.4 Å². The van der Waals surface area contributed by atoms with Crippen LogP contribution in [-0.4, -0.2) is 50.6 Å². The molecule has 154 valence electrons. The van der Waals surface area contributed by atoms with E-state index in [1.54, 1.807) is 11.8 Å². The van der Waals surface area contributed by atoms with Gasteiger partial charge in [0.2, 0.25) is 11.1 Å². The number of aromatic nitrogens is 5. The van der Waals surface area contributed by atoms with Crippen LogP contribution in [0.15, 0.2) is 47.6 Å². The Hall–Kier alpha value is -3.18. The Kier molecular flexibility index (Phi) is 6.10. The number of carbonyl (C=O) groups excluding carboxylic acids is 1. The number of benzene rings is 2. The van der Waals surface area contributed by atoms with Crippen molar-refractivity contribution in [3.63, 3.8) is 0 Å². The van der Waals surface area contributed by atoms with Crippen LogP contribution in [0.2, 0.25) is 0 Å². The summed E-state index contributed by atoms with van der Waals surface area (Å²) in [6, 6.07) is 13.0. The largest absolute Gasteiger partial charge is 0.497 e. The van der Waals surface area contributed by atoms with Crippen LogP contribution in [0, 0.1) is 0 Å². The van der Waals surface area contributed by atoms with E-state index in [1.165, 1.54) is 23.1 Å². The Balaban J connectivity index is 1.39. The molecule has 11 heteroatoms. The Morgan fingerprint density at radius 3 is 2.77 bits per heavy atom. The Morgan fingerprint density at radius 2 is 2.00 bits per heavy atom. The van der Waals surface area contributed by atoms with Crippen LogP contribution in [0.3, 0.4) is 0 Å². The van der Waals surface area contributed by atoms with E-state index in [0.29, 0.717) is 16.9 Å². The number of anilines is 1. The SMILES string of the molecule is CCOc1ccc(-n2nnnc2SCC(=O)Nc2nc3ccc(OC)cc3s2)cc1. The van der Waals surface area contributed by atoms with Crippen LogP contribution in [0.25, 0.3) is 15.9 Å². The lowest BCUT2D eigenvalue weighted by molar-refractivity contribution is -0.113. The smallest absolute Gasteiger partial charge is 0.236 e. The van der Waals surface area contributed by atoms with Gasteiger partial charge in [-0.3, -0.25) is 4.79 Å². The second-order valence-corrected chi connectivity index (χ2v) is 7.96. The van der Waals surface area contributed by atoms with Crippen molar-refractivity contribution in [2.45, 2.75) is 12.1 Å². The van der Waals surface area contributed by atoms with Gasteiger partial charge in [-0.2, -0.15) is 4.68 Å². The predicted octanol–water partition coefficient (Wildman–Crippen LogP) is 3.41. The van der Waals surface area contributed by atoms with Crippen molar-refractivity contribution in [1.82, 2.24) is 25.2 Å². The molecule has 4 aromatic rings. The molecule has 1 N–H and O–H groups in total. The molecule has 2 heterocycles. The van der Waals surface area contributed by atoms with Gasteiger partial charge in [0.15, 0.2) is 5.13 Å². The number of tetrazole rings is 1. The zero-order chi connectivity index (χ0) is 20.9. The maximum absolute atomic E-state index is 12.4. The highest BCUT2D eigenvalue weighted by Gasteiger charge is 2.13. The zero-order valence-electron chi connectivity index (χ0n) is 16.2. The van der Waals surface area contributed by atoms with Crippen molar-refractivity contribution in [2.24, 2.45) is 0 Å². The fourth-order valence-corrected chi connectivity index (χ4v) is 4.25. The Bertz CT molecular complexity index is 1160. The summed E-state index contributed by atoms with van der Waals surface area (Å²) in [7, 11) is 1.61. The summed E-state index contributed by atoms with van der Waals surface area (Å²) in [6.07, 6.45) is 0. The van der Waals surface area contributed by atoms with E-state index in [4.69, 9.17) is 9.47 Å². The summed E-state index contributed by atoms with van der Waals surface area (Å²) >= 11 is 2.64. The van der Waals surface area contributed by atoms with E-state index in [9.17, 15) is 4.79 Å². The molecule has 0 fully saturated rings. The molecular formula is C19H18N6O3S2. The fourth-order valence-electron chi connectivity index (χ4n) is 2.65. The highest BCUT2D eigenvalue weighted by atomic mass is 32.2. The number of amides is 1. The van der Waals surface area contributed by atoms with Gasteiger partial charge in [0, 0.05) is 0 Å². The van der Waals surface area contributed by atoms with E-state index < -0.39 is 0 Å². The number of carbonyl (C=O) groups is 1. The van der Waals surface area contributed by atoms with E-state index in [-0.39, 0.29) is 11.7 Å². The molecule has 0 unspecified atom stereocenters. The molecular weight excluding hydrogens is 424 g/mol. The summed E-state index contributed by atoms with van der Waals surface area (Å²) in [4.78, 5) is 16.8. The van der Waals surface area contributed by atoms with Gasteiger partial charge in [0.1, 0.15) is 11.5 Å². The fraction of sp³-hybridized carbons (Fsp3) is 0.211. The number of rotatable bonds is 8. The van der Waals surface area contributed by atoms with Gasteiger partial charge in [0.25, 0.3) is 0 Å². The number of hydrogen-bond acceptors (Lipinski definition) is 9. The Labute approximate surface area is 180 Å². The second kappa shape index (κ2) is 9.09. The maximum atomic E-state index is 12.4. The molecule has 0 saturated heterocycles. The van der Waals surface area contributed by atoms with Crippen LogP contribution in [0.4, 0.5) is 5.13 Å². The number of thioether (sulfide) groups is 1. The quantitative estimate of drug-likeness (QED) is 0.414. The molecule has 0 radical (unpaired) electrons. The standard InChI is InChI=1S/C19H18N6O3S2/c1-3-28-13-6-4-12(5-7-13)25-19(22-23-24-25)29-11-17(26)21-18-20-15-9-8-14(27-2)10-16(15)30-18/h4-10H,3,11H2,1-2H3,(H,20,21,26). The number of methoxy groups -OCH3 is 1. The minimum Gasteiger partial charge on any atom is -0.497 e. The van der Waals surface area contributed by atoms with Gasteiger partial charge in [-0.25, -0.2) is 4.98 Å². The van der Waals surface area contributed by atoms with Crippen molar-refractivity contribution in [3.8, 4) is 17.2 Å². The van der Waals surface area contributed by atoms with E-state index in [2.05, 4.69) is 25.8 Å². The zero-order valence-corrected chi connectivity index (χ0v) is 17.9. The minimum absolute atomic E-state index is 0.149. The molecule has 0 aliphatic heterocycles. The molecule has 30 heavy (non-hydrogen) atoms. The van der Waals surface area contributed by atoms with Gasteiger partial charge in [-0.05, 0) is 59.8 Å². The molecule has 0 atom stereocenters. The first-order valence-electron chi connectivity index (χ1n) is 9.05. The molecule has 0 saturated carbocycles. The number of fused-ring (bicyclic) bond motifs is 1. The highest BCUT2D eigenvalue weighted by molar-refractivity contribution is 7.99. The average Bonchev–Trinajstić information content (AvgIpc) is 3.38. The second-order valence-electron chi connectivity index (χ2n) is 5.99. The van der Waals surface area contributed by atoms with Crippen molar-refractivity contribution in [2.75, 3.05) is 24.8 Å². The number of ether oxygens (including phenoxy) is 2. The van der Waals surface area contributed by atoms with Crippen LogP contribution in [-0.2, 0) is 4.79 Å². The third-order valence-electron chi connectivity index (χ3n) is 4.01. The Morgan fingerprint density at radius 1 is 1.20 bits per heavy atom. The third kappa shape index (κ3) is 4.52. The molecule has 2 aromatic heterocycles. The van der Waals surface area contributed by atoms with Gasteiger partial charge in [-0.1, -0.05) is 23.1 Å². The molecule has 2 aromatic carbocycles. The van der Waals surface area contributed by atoms with Crippen LogP contribution in [0.1, 0.15) is 6.92 Å². The number of nitrogens with zero attached hydrogens (tertiary/aromatic N) is 5. The van der Waals surface area contributed by atoms with Crippen molar-refractivity contribution in [1.29, 1.82) is 0 Å². The van der Waals surface area contributed by atoms with Gasteiger partial charge < -0.3 is 14.8 Å². The summed E-state index contributed by atoms with van der Waals surface area (Å²) in [5, 5.41) is 15.6. The first-order chi connectivity index (χ1) is 14.7. The number of hydrogen-bond donors (Lipinski definition) is 1. The van der Waals surface area contributed by atoms with Crippen LogP contribution >= 0.6 is 23.1 Å². The van der Waals surface area contributed by atoms with Crippen LogP contribution in [0.5, 0.6) is 11.5 Å². The molecule has 0 spiro atoms. The summed E-state index contributed by atoms with van der Waals surface area (Å²) in [6.45, 7) is 2.53. The van der Waals surface area contributed by atoms with Gasteiger partial charge in [-0.15, -0.1) is 5.10 Å². The summed E-state index contributed by atoms with van der Waals surface area (Å²) in [5.41, 5.74) is 1.59. The monoisotopic (exact) mass is 442 g/mol. The van der Waals surface area contributed by atoms with Crippen molar-refractivity contribution in [3.05, 3.63) is 42.5 Å². The third-order valence-corrected chi connectivity index (χ3v) is 5.86. The lowest BCUT2D eigenvalue weighted by Gasteiger charge is -2.06. The predicted molar refractivity (Wildman–Crippen MR) is 116 cm³/mol. The molecule has 4 rings (SSSR count). The molecule has 0 bridgehead atoms. The normalized spacial score (nSPS) is 10.9. The maximum Gasteiger partial charge on any atom is 0.236 e. The lowest BCUT2D eigenvalue weighted by Crippen LogP contribution is -2.14. The first kappa shape index (κ1) is 20.1. The highest BCUT2D eigenvalue weighted by Crippen LogP contribution is 2.29. The molecule has 9 nitrogen and oxygen atoms in total. The minimum atomic E-state index is -0.188. The van der Waals surface area contributed by atoms with Gasteiger partial charge in [0.05, 0.1) is 35.4 Å². The first-order valence-corrected chi connectivity index (χ1v) is 10.9. The topological polar surface area (TPSA) is 104 Å². The molecule has 1 amide bonds. The van der Waals surface area contributed by atoms with Crippen molar-refractivity contribution < 1.29 is 14.3 Å².